The van der Waals surface area contributed by atoms with E-state index in [-0.39, 0.29) is 0 Å². The van der Waals surface area contributed by atoms with Crippen LogP contribution in [0.1, 0.15) is 17.5 Å². The van der Waals surface area contributed by atoms with Gasteiger partial charge in [-0.3, -0.25) is 0 Å². The molecule has 0 saturated heterocycles. The van der Waals surface area contributed by atoms with E-state index in [1.54, 1.807) is 13.2 Å². The van der Waals surface area contributed by atoms with Crippen LogP contribution in [0.15, 0.2) is 18.2 Å². The first-order chi connectivity index (χ1) is 8.77. The molecular weight excluding hydrogens is 230 g/mol. The Morgan fingerprint density at radius 3 is 2.72 bits per heavy atom. The van der Waals surface area contributed by atoms with Crippen LogP contribution in [0.4, 0.5) is 0 Å². The second-order valence-corrected chi connectivity index (χ2v) is 3.92. The molecule has 4 heteroatoms. The van der Waals surface area contributed by atoms with Crippen LogP contribution >= 0.6 is 0 Å². The van der Waals surface area contributed by atoms with Gasteiger partial charge in [-0.05, 0) is 24.6 Å². The van der Waals surface area contributed by atoms with Gasteiger partial charge in [0.25, 0.3) is 0 Å². The minimum absolute atomic E-state index is 0.547. The van der Waals surface area contributed by atoms with Gasteiger partial charge >= 0.3 is 0 Å². The fourth-order valence-corrected chi connectivity index (χ4v) is 1.43. The summed E-state index contributed by atoms with van der Waals surface area (Å²) in [7, 11) is 1.65. The Morgan fingerprint density at radius 2 is 2.00 bits per heavy atom. The molecule has 0 N–H and O–H groups in total. The number of rotatable bonds is 8. The minimum atomic E-state index is 0.547. The summed E-state index contributed by atoms with van der Waals surface area (Å²) in [6.07, 6.45) is 0.794. The van der Waals surface area contributed by atoms with E-state index in [1.807, 2.05) is 19.1 Å². The van der Waals surface area contributed by atoms with Crippen LogP contribution in [-0.4, -0.2) is 33.5 Å². The molecule has 1 aromatic carbocycles. The van der Waals surface area contributed by atoms with E-state index in [4.69, 9.17) is 19.5 Å². The molecule has 0 fully saturated rings. The van der Waals surface area contributed by atoms with Crippen LogP contribution in [0.3, 0.4) is 0 Å². The third-order valence-electron chi connectivity index (χ3n) is 2.38. The largest absolute Gasteiger partial charge is 0.492 e. The van der Waals surface area contributed by atoms with Gasteiger partial charge in [0.15, 0.2) is 0 Å². The second-order valence-electron chi connectivity index (χ2n) is 3.92. The highest BCUT2D eigenvalue weighted by Crippen LogP contribution is 2.19. The van der Waals surface area contributed by atoms with Gasteiger partial charge in [-0.15, -0.1) is 0 Å². The Hall–Kier alpha value is -1.57. The van der Waals surface area contributed by atoms with E-state index in [0.717, 1.165) is 12.0 Å². The molecule has 1 rings (SSSR count). The molecule has 0 aliphatic rings. The highest BCUT2D eigenvalue weighted by Gasteiger charge is 2.02. The first kappa shape index (κ1) is 14.5. The molecule has 0 aliphatic heterocycles. The Kier molecular flexibility index (Phi) is 6.85. The zero-order valence-electron chi connectivity index (χ0n) is 10.9. The average Bonchev–Trinajstić information content (AvgIpc) is 2.38. The first-order valence-corrected chi connectivity index (χ1v) is 5.98. The number of ether oxygens (including phenoxy) is 3. The van der Waals surface area contributed by atoms with E-state index in [2.05, 4.69) is 6.07 Å². The van der Waals surface area contributed by atoms with Gasteiger partial charge in [0.2, 0.25) is 0 Å². The van der Waals surface area contributed by atoms with Crippen molar-refractivity contribution >= 4 is 0 Å². The van der Waals surface area contributed by atoms with E-state index >= 15 is 0 Å². The van der Waals surface area contributed by atoms with Gasteiger partial charge in [0.1, 0.15) is 11.8 Å². The highest BCUT2D eigenvalue weighted by atomic mass is 16.5. The Bertz CT molecular complexity index is 399. The molecule has 18 heavy (non-hydrogen) atoms. The summed E-state index contributed by atoms with van der Waals surface area (Å²) in [6.45, 7) is 4.37. The molecule has 0 unspecified atom stereocenters. The van der Waals surface area contributed by atoms with Crippen molar-refractivity contribution in [3.05, 3.63) is 29.3 Å². The topological polar surface area (TPSA) is 51.5 Å². The summed E-state index contributed by atoms with van der Waals surface area (Å²) >= 11 is 0. The van der Waals surface area contributed by atoms with Crippen LogP contribution in [-0.2, 0) is 9.47 Å². The predicted molar refractivity (Wildman–Crippen MR) is 68.7 cm³/mol. The zero-order chi connectivity index (χ0) is 13.2. The van der Waals surface area contributed by atoms with Crippen LogP contribution in [0.25, 0.3) is 0 Å². The molecule has 0 atom stereocenters. The molecule has 0 saturated carbocycles. The van der Waals surface area contributed by atoms with Crippen LogP contribution in [0, 0.1) is 18.3 Å². The molecule has 98 valence electrons. The van der Waals surface area contributed by atoms with Crippen molar-refractivity contribution in [1.29, 1.82) is 5.26 Å². The van der Waals surface area contributed by atoms with Crippen molar-refractivity contribution < 1.29 is 14.2 Å². The van der Waals surface area contributed by atoms with Crippen molar-refractivity contribution in [2.24, 2.45) is 0 Å². The van der Waals surface area contributed by atoms with Crippen LogP contribution in [0.2, 0.25) is 0 Å². The van der Waals surface area contributed by atoms with Gasteiger partial charge in [-0.1, -0.05) is 6.07 Å². The number of benzene rings is 1. The van der Waals surface area contributed by atoms with Gasteiger partial charge in [-0.25, -0.2) is 0 Å². The highest BCUT2D eigenvalue weighted by molar-refractivity contribution is 5.44. The molecular formula is C14H19NO3. The lowest BCUT2D eigenvalue weighted by molar-refractivity contribution is 0.0644. The Balaban J connectivity index is 2.27. The Labute approximate surface area is 108 Å². The summed E-state index contributed by atoms with van der Waals surface area (Å²) in [4.78, 5) is 0. The second kappa shape index (κ2) is 8.51. The predicted octanol–water partition coefficient (Wildman–Crippen LogP) is 2.30. The summed E-state index contributed by atoms with van der Waals surface area (Å²) in [5.41, 5.74) is 1.65. The Morgan fingerprint density at radius 1 is 1.17 bits per heavy atom. The number of hydrogen-bond acceptors (Lipinski definition) is 4. The van der Waals surface area contributed by atoms with Gasteiger partial charge in [0, 0.05) is 20.1 Å². The lowest BCUT2D eigenvalue weighted by Gasteiger charge is -2.09. The molecule has 0 bridgehead atoms. The maximum atomic E-state index is 8.94. The van der Waals surface area contributed by atoms with E-state index in [0.29, 0.717) is 37.7 Å². The molecule has 0 radical (unpaired) electrons. The van der Waals surface area contributed by atoms with Crippen molar-refractivity contribution in [3.63, 3.8) is 0 Å². The number of nitriles is 1. The minimum Gasteiger partial charge on any atom is -0.492 e. The molecule has 0 amide bonds. The summed E-state index contributed by atoms with van der Waals surface area (Å²) < 4.78 is 15.8. The number of aryl methyl sites for hydroxylation is 1. The fourth-order valence-electron chi connectivity index (χ4n) is 1.43. The zero-order valence-corrected chi connectivity index (χ0v) is 10.9. The smallest absolute Gasteiger partial charge is 0.137 e. The maximum absolute atomic E-state index is 8.94. The first-order valence-electron chi connectivity index (χ1n) is 5.98. The standard InChI is InChI=1S/C14H19NO3/c1-12-4-5-13(11-15)14(10-12)18-7-3-6-17-9-8-16-2/h4-5,10H,3,6-9H2,1-2H3. The fraction of sp³-hybridized carbons (Fsp3) is 0.500. The van der Waals surface area contributed by atoms with E-state index < -0.39 is 0 Å². The third kappa shape index (κ3) is 5.17. The van der Waals surface area contributed by atoms with Crippen molar-refractivity contribution in [2.75, 3.05) is 33.5 Å². The third-order valence-corrected chi connectivity index (χ3v) is 2.38. The average molecular weight is 249 g/mol. The molecule has 1 aromatic rings. The van der Waals surface area contributed by atoms with Crippen molar-refractivity contribution in [3.8, 4) is 11.8 Å². The number of hydrogen-bond donors (Lipinski definition) is 0. The van der Waals surface area contributed by atoms with Crippen molar-refractivity contribution in [1.82, 2.24) is 0 Å². The number of methoxy groups -OCH3 is 1. The lowest BCUT2D eigenvalue weighted by Crippen LogP contribution is -2.07. The van der Waals surface area contributed by atoms with Gasteiger partial charge in [0.05, 0.1) is 25.4 Å². The molecule has 4 nitrogen and oxygen atoms in total. The van der Waals surface area contributed by atoms with Gasteiger partial charge in [-0.2, -0.15) is 5.26 Å². The SMILES string of the molecule is COCCOCCCOc1cc(C)ccc1C#N. The normalized spacial score (nSPS) is 10.1. The van der Waals surface area contributed by atoms with Crippen molar-refractivity contribution in [2.45, 2.75) is 13.3 Å². The van der Waals surface area contributed by atoms with Gasteiger partial charge < -0.3 is 14.2 Å². The quantitative estimate of drug-likeness (QED) is 0.663. The number of nitrogens with zero attached hydrogens (tertiary/aromatic N) is 1. The molecule has 0 aliphatic carbocycles. The van der Waals surface area contributed by atoms with E-state index in [9.17, 15) is 0 Å². The summed E-state index contributed by atoms with van der Waals surface area (Å²) in [5.74, 6) is 0.648. The van der Waals surface area contributed by atoms with Crippen LogP contribution < -0.4 is 4.74 Å². The maximum Gasteiger partial charge on any atom is 0.137 e. The van der Waals surface area contributed by atoms with Crippen LogP contribution in [0.5, 0.6) is 5.75 Å². The molecule has 0 aromatic heterocycles. The molecule has 0 heterocycles. The monoisotopic (exact) mass is 249 g/mol. The van der Waals surface area contributed by atoms with E-state index in [1.165, 1.54) is 0 Å². The summed E-state index contributed by atoms with van der Waals surface area (Å²) in [6, 6.07) is 7.68. The molecule has 0 spiro atoms. The summed E-state index contributed by atoms with van der Waals surface area (Å²) in [5, 5.41) is 8.94. The lowest BCUT2D eigenvalue weighted by atomic mass is 10.1.